The van der Waals surface area contributed by atoms with Crippen molar-refractivity contribution in [3.8, 4) is 6.07 Å². The topological polar surface area (TPSA) is 239 Å². The van der Waals surface area contributed by atoms with Gasteiger partial charge in [0.25, 0.3) is 0 Å². The monoisotopic (exact) mass is 1080 g/mol. The zero-order valence-corrected chi connectivity index (χ0v) is 49.7. The maximum atomic E-state index is 13.6. The van der Waals surface area contributed by atoms with Crippen LogP contribution in [0.25, 0.3) is 0 Å². The third kappa shape index (κ3) is 11.3. The Hall–Kier alpha value is -3.23. The zero-order valence-electron chi connectivity index (χ0n) is 45.7. The molecule has 0 bridgehead atoms. The first kappa shape index (κ1) is 59.6. The Labute approximate surface area is 429 Å². The summed E-state index contributed by atoms with van der Waals surface area (Å²) in [5, 5.41) is 22.0. The number of nitrogens with zero attached hydrogens (tertiary/aromatic N) is 5. The van der Waals surface area contributed by atoms with Crippen LogP contribution in [0.3, 0.4) is 0 Å². The molecule has 6 rings (SSSR count). The first-order valence-electron chi connectivity index (χ1n) is 25.6. The molecule has 4 aliphatic heterocycles. The van der Waals surface area contributed by atoms with E-state index in [4.69, 9.17) is 35.4 Å². The van der Waals surface area contributed by atoms with E-state index in [-0.39, 0.29) is 87.7 Å². The van der Waals surface area contributed by atoms with Gasteiger partial charge in [-0.25, -0.2) is 9.59 Å². The third-order valence-corrected chi connectivity index (χ3v) is 35.0. The lowest BCUT2D eigenvalue weighted by Gasteiger charge is -2.51. The van der Waals surface area contributed by atoms with Gasteiger partial charge in [-0.05, 0) is 70.3 Å². The fraction of sp³-hybridized carbons (Fsp3) is 0.755. The number of rotatable bonds is 14. The van der Waals surface area contributed by atoms with Crippen LogP contribution in [0.4, 0.5) is 0 Å². The Morgan fingerprint density at radius 3 is 1.40 bits per heavy atom. The SMILES string of the molecule is CC(=O)Cc1ccn([C@@H]2O[C@@H]3CO[Si](C(C)C)(C(C)C)O[Si](C(C)C)(C(C)C)O[C@H]3C2(O)C#N)c(=O)n1.CC(=O)Cc1ccn([C@@H]2O[C@@H]3CO[Si](C(C)C)(C(C)C)O[Si](C(C)C)(C(C)C)O[C@H]3C2=O)c(=O)n1. The molecule has 6 heterocycles. The number of nitriles is 1. The molecule has 7 atom stereocenters. The number of fused-ring (bicyclic) bond motifs is 2. The summed E-state index contributed by atoms with van der Waals surface area (Å²) in [4.78, 5) is 70.1. The number of hydrogen-bond donors (Lipinski definition) is 1. The predicted octanol–water partition coefficient (Wildman–Crippen LogP) is 7.28. The minimum absolute atomic E-state index is 0.0116. The van der Waals surface area contributed by atoms with Crippen LogP contribution in [0, 0.1) is 11.3 Å². The van der Waals surface area contributed by atoms with Crippen LogP contribution >= 0.6 is 0 Å². The number of Topliss-reactive ketones (excluding diaryl/α,β-unsaturated/α-hetero) is 3. The molecule has 23 heteroatoms. The van der Waals surface area contributed by atoms with Gasteiger partial charge in [-0.15, -0.1) is 0 Å². The summed E-state index contributed by atoms with van der Waals surface area (Å²) < 4.78 is 55.8. The standard InChI is InChI=1S/C25H41N3O7Si2.C24H40N2O7Si2/c1-15(2)36(16(3)4)32-13-21-22(34-37(35-36,17(5)6)18(7)8)25(31,14-26)23(33-21)28-11-10-20(12-19(9)29)27-24(28)30;1-14(2)34(15(3)4)30-13-20-22(32-35(33-34,16(5)6)17(7)8)21(28)23(31-20)26-11-10-19(12-18(9)27)25-24(26)29/h10-11,15-18,21-23,31H,12-13H2,1-9H3;10-11,14-17,20,22-23H,12-13H2,1-9H3/t21-,22-,23-,25?;20-,22-,23-/m11/s1. The largest absolute Gasteiger partial charge is 0.414 e. The van der Waals surface area contributed by atoms with E-state index in [9.17, 15) is 34.3 Å². The number of ketones is 3. The molecule has 4 fully saturated rings. The van der Waals surface area contributed by atoms with Crippen LogP contribution in [0.15, 0.2) is 34.1 Å². The van der Waals surface area contributed by atoms with Crippen molar-refractivity contribution < 1.29 is 54.9 Å². The van der Waals surface area contributed by atoms with Crippen molar-refractivity contribution >= 4 is 51.6 Å². The maximum absolute atomic E-state index is 13.6. The molecule has 0 radical (unpaired) electrons. The number of carbonyl (C=O) groups excluding carboxylic acids is 3. The average Bonchev–Trinajstić information content (AvgIpc) is 3.70. The Morgan fingerprint density at radius 2 is 1.03 bits per heavy atom. The number of ether oxygens (including phenoxy) is 2. The number of hydrogen-bond acceptors (Lipinski definition) is 17. The van der Waals surface area contributed by atoms with Crippen LogP contribution in [-0.2, 0) is 62.6 Å². The highest BCUT2D eigenvalue weighted by atomic mass is 28.5. The lowest BCUT2D eigenvalue weighted by atomic mass is 9.96. The quantitative estimate of drug-likeness (QED) is 0.144. The summed E-state index contributed by atoms with van der Waals surface area (Å²) in [5.74, 6) is -0.573. The minimum Gasteiger partial charge on any atom is -0.414 e. The number of aliphatic hydroxyl groups is 1. The second-order valence-electron chi connectivity index (χ2n) is 22.4. The van der Waals surface area contributed by atoms with Crippen molar-refractivity contribution in [1.82, 2.24) is 19.1 Å². The summed E-state index contributed by atoms with van der Waals surface area (Å²) in [5.41, 5.74) is -2.24. The van der Waals surface area contributed by atoms with Gasteiger partial charge >= 0.3 is 45.6 Å². The second-order valence-corrected chi connectivity index (χ2v) is 40.1. The first-order valence-corrected chi connectivity index (χ1v) is 33.4. The molecule has 1 unspecified atom stereocenters. The Morgan fingerprint density at radius 1 is 0.639 bits per heavy atom. The van der Waals surface area contributed by atoms with E-state index < -0.39 is 88.1 Å². The lowest BCUT2D eigenvalue weighted by molar-refractivity contribution is -0.130. The van der Waals surface area contributed by atoms with Crippen LogP contribution in [0.5, 0.6) is 0 Å². The van der Waals surface area contributed by atoms with E-state index in [1.54, 1.807) is 6.07 Å². The van der Waals surface area contributed by atoms with Gasteiger partial charge in [-0.1, -0.05) is 111 Å². The van der Waals surface area contributed by atoms with E-state index in [0.717, 1.165) is 4.57 Å². The van der Waals surface area contributed by atoms with Gasteiger partial charge < -0.3 is 40.5 Å². The fourth-order valence-corrected chi connectivity index (χ4v) is 33.1. The Balaban J connectivity index is 0.000000268. The van der Waals surface area contributed by atoms with Crippen molar-refractivity contribution in [3.05, 3.63) is 56.9 Å². The van der Waals surface area contributed by atoms with Crippen LogP contribution < -0.4 is 11.4 Å². The van der Waals surface area contributed by atoms with Crippen molar-refractivity contribution in [1.29, 1.82) is 5.26 Å². The van der Waals surface area contributed by atoms with Gasteiger partial charge in [0.1, 0.15) is 42.1 Å². The summed E-state index contributed by atoms with van der Waals surface area (Å²) in [6, 6.07) is 5.06. The normalized spacial score (nSPS) is 27.8. The average molecular weight is 1080 g/mol. The predicted molar refractivity (Wildman–Crippen MR) is 277 cm³/mol. The molecule has 0 amide bonds. The smallest absolute Gasteiger partial charge is 0.350 e. The van der Waals surface area contributed by atoms with E-state index in [0.29, 0.717) is 11.4 Å². The van der Waals surface area contributed by atoms with Crippen molar-refractivity contribution in [2.24, 2.45) is 0 Å². The van der Waals surface area contributed by atoms with Crippen LogP contribution in [0.2, 0.25) is 44.3 Å². The molecular formula is C49H81N5O14Si4. The molecule has 0 saturated carbocycles. The molecule has 0 aliphatic carbocycles. The van der Waals surface area contributed by atoms with Gasteiger partial charge in [0.05, 0.1) is 24.6 Å². The summed E-state index contributed by atoms with van der Waals surface area (Å²) in [6.07, 6.45) is -3.08. The Bertz CT molecular complexity index is 2410. The van der Waals surface area contributed by atoms with Gasteiger partial charge in [0.2, 0.25) is 17.6 Å². The molecule has 72 heavy (non-hydrogen) atoms. The van der Waals surface area contributed by atoms with Crippen molar-refractivity contribution in [3.63, 3.8) is 0 Å². The van der Waals surface area contributed by atoms with Crippen LogP contribution in [-0.4, -0.2) is 119 Å². The van der Waals surface area contributed by atoms with Gasteiger partial charge in [-0.3, -0.25) is 23.5 Å². The van der Waals surface area contributed by atoms with Crippen molar-refractivity contribution in [2.45, 2.75) is 224 Å². The maximum Gasteiger partial charge on any atom is 0.350 e. The summed E-state index contributed by atoms with van der Waals surface area (Å²) >= 11 is 0. The molecule has 4 saturated heterocycles. The van der Waals surface area contributed by atoms with Gasteiger partial charge in [0, 0.05) is 25.2 Å². The van der Waals surface area contributed by atoms with E-state index in [1.807, 2.05) is 33.8 Å². The van der Waals surface area contributed by atoms with Gasteiger partial charge in [0.15, 0.2) is 6.23 Å². The van der Waals surface area contributed by atoms with Gasteiger partial charge in [-0.2, -0.15) is 15.2 Å². The van der Waals surface area contributed by atoms with E-state index in [2.05, 4.69) is 93.1 Å². The Kier molecular flexibility index (Phi) is 19.0. The molecule has 0 spiro atoms. The number of aromatic nitrogens is 4. The number of carbonyl (C=O) groups is 3. The first-order chi connectivity index (χ1) is 33.4. The minimum atomic E-state index is -3.14. The molecule has 402 valence electrons. The molecule has 19 nitrogen and oxygen atoms in total. The zero-order chi connectivity index (χ0) is 54.2. The molecular weight excluding hydrogens is 995 g/mol. The fourth-order valence-electron chi connectivity index (χ4n) is 10.8. The highest BCUT2D eigenvalue weighted by Crippen LogP contribution is 2.51. The third-order valence-electron chi connectivity index (χ3n) is 14.6. The highest BCUT2D eigenvalue weighted by Gasteiger charge is 2.67. The van der Waals surface area contributed by atoms with Crippen molar-refractivity contribution in [2.75, 3.05) is 13.2 Å². The molecule has 0 aromatic carbocycles. The molecule has 2 aromatic heterocycles. The van der Waals surface area contributed by atoms with E-state index >= 15 is 0 Å². The summed E-state index contributed by atoms with van der Waals surface area (Å²) in [7, 11) is -11.7. The van der Waals surface area contributed by atoms with Crippen LogP contribution in [0.1, 0.15) is 148 Å². The highest BCUT2D eigenvalue weighted by molar-refractivity contribution is 6.84. The van der Waals surface area contributed by atoms with E-state index in [1.165, 1.54) is 36.9 Å². The molecule has 1 N–H and O–H groups in total. The lowest BCUT2D eigenvalue weighted by Crippen LogP contribution is -2.67. The molecule has 2 aromatic rings. The summed E-state index contributed by atoms with van der Waals surface area (Å²) in [6.45, 7) is 36.5. The molecule has 4 aliphatic rings. The second kappa shape index (κ2) is 22.9.